The number of likely N-dealkylation sites (tertiary alicyclic amines) is 1. The minimum absolute atomic E-state index is 0.0171. The minimum Gasteiger partial charge on any atom is -0.480 e. The van der Waals surface area contributed by atoms with E-state index in [4.69, 9.17) is 5.11 Å². The Kier molecular flexibility index (Phi) is 2.80. The molecule has 1 aliphatic rings. The fourth-order valence-electron chi connectivity index (χ4n) is 1.80. The van der Waals surface area contributed by atoms with Crippen molar-refractivity contribution in [3.63, 3.8) is 0 Å². The number of nitrogens with zero attached hydrogens (tertiary/aromatic N) is 5. The van der Waals surface area contributed by atoms with Crippen LogP contribution in [0, 0.1) is 0 Å². The smallest absolute Gasteiger partial charge is 0.326 e. The standard InChI is InChI=1S/C8H11N5O3/c14-7(4-12-5-9-10-11-12)13-3-1-2-6(13)8(15)16/h5-6H,1-4H2,(H,15,16). The molecular weight excluding hydrogens is 214 g/mol. The third-order valence-corrected chi connectivity index (χ3v) is 2.55. The molecule has 16 heavy (non-hydrogen) atoms. The second-order valence-electron chi connectivity index (χ2n) is 3.59. The summed E-state index contributed by atoms with van der Waals surface area (Å²) in [5, 5.41) is 19.3. The Hall–Kier alpha value is -1.99. The van der Waals surface area contributed by atoms with Crippen molar-refractivity contribution in [2.75, 3.05) is 6.54 Å². The molecule has 1 aliphatic heterocycles. The predicted octanol–water partition coefficient (Wildman–Crippen LogP) is -1.25. The number of aliphatic carboxylic acids is 1. The van der Waals surface area contributed by atoms with Gasteiger partial charge in [-0.15, -0.1) is 5.10 Å². The van der Waals surface area contributed by atoms with E-state index in [1.165, 1.54) is 15.9 Å². The van der Waals surface area contributed by atoms with Gasteiger partial charge in [0.15, 0.2) is 0 Å². The van der Waals surface area contributed by atoms with Crippen LogP contribution in [0.1, 0.15) is 12.8 Å². The van der Waals surface area contributed by atoms with Gasteiger partial charge in [-0.05, 0) is 23.3 Å². The summed E-state index contributed by atoms with van der Waals surface area (Å²) in [7, 11) is 0. The van der Waals surface area contributed by atoms with Gasteiger partial charge in [-0.3, -0.25) is 4.79 Å². The molecule has 0 aromatic carbocycles. The zero-order valence-corrected chi connectivity index (χ0v) is 8.48. The first-order chi connectivity index (χ1) is 7.68. The Morgan fingerprint density at radius 2 is 2.31 bits per heavy atom. The van der Waals surface area contributed by atoms with E-state index in [0.29, 0.717) is 13.0 Å². The first kappa shape index (κ1) is 10.5. The second kappa shape index (κ2) is 4.25. The topological polar surface area (TPSA) is 101 Å². The summed E-state index contributed by atoms with van der Waals surface area (Å²) < 4.78 is 1.28. The Bertz CT molecular complexity index is 390. The molecule has 0 saturated carbocycles. The fraction of sp³-hybridized carbons (Fsp3) is 0.625. The highest BCUT2D eigenvalue weighted by atomic mass is 16.4. The van der Waals surface area contributed by atoms with E-state index in [2.05, 4.69) is 15.5 Å². The van der Waals surface area contributed by atoms with Crippen molar-refractivity contribution in [2.45, 2.75) is 25.4 Å². The maximum Gasteiger partial charge on any atom is 0.326 e. The van der Waals surface area contributed by atoms with Gasteiger partial charge in [0.1, 0.15) is 18.9 Å². The number of carbonyl (C=O) groups is 2. The average Bonchev–Trinajstić information content (AvgIpc) is 2.86. The molecule has 2 heterocycles. The lowest BCUT2D eigenvalue weighted by Gasteiger charge is -2.20. The lowest BCUT2D eigenvalue weighted by Crippen LogP contribution is -2.42. The van der Waals surface area contributed by atoms with Crippen molar-refractivity contribution in [2.24, 2.45) is 0 Å². The normalized spacial score (nSPS) is 20.0. The molecule has 1 amide bonds. The predicted molar refractivity (Wildman–Crippen MR) is 50.2 cm³/mol. The number of hydrogen-bond acceptors (Lipinski definition) is 5. The highest BCUT2D eigenvalue weighted by Gasteiger charge is 2.33. The van der Waals surface area contributed by atoms with Gasteiger partial charge in [0.05, 0.1) is 0 Å². The van der Waals surface area contributed by atoms with Crippen LogP contribution in [0.25, 0.3) is 0 Å². The number of amides is 1. The van der Waals surface area contributed by atoms with E-state index >= 15 is 0 Å². The van der Waals surface area contributed by atoms with Crippen LogP contribution in [0.5, 0.6) is 0 Å². The van der Waals surface area contributed by atoms with Crippen molar-refractivity contribution in [1.29, 1.82) is 0 Å². The van der Waals surface area contributed by atoms with E-state index in [0.717, 1.165) is 6.42 Å². The molecule has 1 saturated heterocycles. The minimum atomic E-state index is -0.956. The molecule has 86 valence electrons. The van der Waals surface area contributed by atoms with Crippen LogP contribution >= 0.6 is 0 Å². The van der Waals surface area contributed by atoms with E-state index in [1.807, 2.05) is 0 Å². The van der Waals surface area contributed by atoms with Crippen molar-refractivity contribution < 1.29 is 14.7 Å². The third-order valence-electron chi connectivity index (χ3n) is 2.55. The lowest BCUT2D eigenvalue weighted by molar-refractivity contribution is -0.148. The molecule has 1 aromatic rings. The number of tetrazole rings is 1. The monoisotopic (exact) mass is 225 g/mol. The van der Waals surface area contributed by atoms with Crippen LogP contribution in [0.2, 0.25) is 0 Å². The van der Waals surface area contributed by atoms with Gasteiger partial charge < -0.3 is 10.0 Å². The summed E-state index contributed by atoms with van der Waals surface area (Å²) in [5.41, 5.74) is 0. The summed E-state index contributed by atoms with van der Waals surface area (Å²) in [5.74, 6) is -1.22. The maximum atomic E-state index is 11.8. The highest BCUT2D eigenvalue weighted by Crippen LogP contribution is 2.17. The molecule has 2 rings (SSSR count). The van der Waals surface area contributed by atoms with Gasteiger partial charge in [0.2, 0.25) is 5.91 Å². The van der Waals surface area contributed by atoms with Gasteiger partial charge in [0, 0.05) is 6.54 Å². The molecule has 0 bridgehead atoms. The zero-order chi connectivity index (χ0) is 11.5. The molecule has 0 spiro atoms. The molecule has 0 radical (unpaired) electrons. The van der Waals surface area contributed by atoms with Crippen molar-refractivity contribution in [3.05, 3.63) is 6.33 Å². The van der Waals surface area contributed by atoms with Crippen molar-refractivity contribution in [3.8, 4) is 0 Å². The summed E-state index contributed by atoms with van der Waals surface area (Å²) >= 11 is 0. The van der Waals surface area contributed by atoms with E-state index in [1.54, 1.807) is 0 Å². The van der Waals surface area contributed by atoms with Crippen LogP contribution in [0.3, 0.4) is 0 Å². The molecule has 1 fully saturated rings. The van der Waals surface area contributed by atoms with Crippen LogP contribution in [-0.4, -0.2) is 54.7 Å². The van der Waals surface area contributed by atoms with Gasteiger partial charge >= 0.3 is 5.97 Å². The zero-order valence-electron chi connectivity index (χ0n) is 8.48. The molecule has 1 aromatic heterocycles. The molecule has 8 heteroatoms. The van der Waals surface area contributed by atoms with Crippen LogP contribution < -0.4 is 0 Å². The largest absolute Gasteiger partial charge is 0.480 e. The Morgan fingerprint density at radius 1 is 1.50 bits per heavy atom. The van der Waals surface area contributed by atoms with Gasteiger partial charge in [-0.2, -0.15) is 0 Å². The van der Waals surface area contributed by atoms with Crippen LogP contribution in [0.15, 0.2) is 6.33 Å². The number of carbonyl (C=O) groups excluding carboxylic acids is 1. The van der Waals surface area contributed by atoms with Gasteiger partial charge in [-0.1, -0.05) is 0 Å². The quantitative estimate of drug-likeness (QED) is 0.689. The summed E-state index contributed by atoms with van der Waals surface area (Å²) in [6.07, 6.45) is 2.55. The van der Waals surface area contributed by atoms with Gasteiger partial charge in [0.25, 0.3) is 0 Å². The van der Waals surface area contributed by atoms with Crippen LogP contribution in [0.4, 0.5) is 0 Å². The lowest BCUT2D eigenvalue weighted by atomic mass is 10.2. The summed E-state index contributed by atoms with van der Waals surface area (Å²) in [6, 6.07) is -0.705. The first-order valence-electron chi connectivity index (χ1n) is 4.91. The number of hydrogen-bond donors (Lipinski definition) is 1. The molecular formula is C8H11N5O3. The Balaban J connectivity index is 2.01. The van der Waals surface area contributed by atoms with Gasteiger partial charge in [-0.25, -0.2) is 9.48 Å². The van der Waals surface area contributed by atoms with E-state index in [9.17, 15) is 9.59 Å². The summed E-state index contributed by atoms with van der Waals surface area (Å²) in [6.45, 7) is 0.467. The molecule has 1 unspecified atom stereocenters. The van der Waals surface area contributed by atoms with Crippen molar-refractivity contribution >= 4 is 11.9 Å². The van der Waals surface area contributed by atoms with E-state index in [-0.39, 0.29) is 12.5 Å². The number of rotatable bonds is 3. The fourth-order valence-corrected chi connectivity index (χ4v) is 1.80. The molecule has 0 aliphatic carbocycles. The summed E-state index contributed by atoms with van der Waals surface area (Å²) in [4.78, 5) is 24.0. The van der Waals surface area contributed by atoms with Crippen LogP contribution in [-0.2, 0) is 16.1 Å². The van der Waals surface area contributed by atoms with Crippen molar-refractivity contribution in [1.82, 2.24) is 25.1 Å². The second-order valence-corrected chi connectivity index (χ2v) is 3.59. The SMILES string of the molecule is O=C(O)C1CCCN1C(=O)Cn1cnnn1. The maximum absolute atomic E-state index is 11.8. The molecule has 8 nitrogen and oxygen atoms in total. The van der Waals surface area contributed by atoms with E-state index < -0.39 is 12.0 Å². The number of aromatic nitrogens is 4. The average molecular weight is 225 g/mol. The number of carboxylic acids is 1. The third kappa shape index (κ3) is 2.00. The Morgan fingerprint density at radius 3 is 2.94 bits per heavy atom. The molecule has 1 atom stereocenters. The first-order valence-corrected chi connectivity index (χ1v) is 4.91. The Labute approximate surface area is 90.8 Å². The highest BCUT2D eigenvalue weighted by molar-refractivity contribution is 5.84. The molecule has 1 N–H and O–H groups in total. The number of carboxylic acid groups (broad SMARTS) is 1.